The smallest absolute Gasteiger partial charge is 0.251 e. The third-order valence-electron chi connectivity index (χ3n) is 8.22. The van der Waals surface area contributed by atoms with Gasteiger partial charge in [0, 0.05) is 31.2 Å². The molecule has 0 bridgehead atoms. The molecule has 2 aromatic carbocycles. The summed E-state index contributed by atoms with van der Waals surface area (Å²) in [6, 6.07) is 13.7. The van der Waals surface area contributed by atoms with Crippen molar-refractivity contribution in [1.82, 2.24) is 15.5 Å². The molecule has 0 radical (unpaired) electrons. The molecule has 2 unspecified atom stereocenters. The highest BCUT2D eigenvalue weighted by atomic mass is 16.2. The van der Waals surface area contributed by atoms with Crippen LogP contribution < -0.4 is 16.4 Å². The van der Waals surface area contributed by atoms with Gasteiger partial charge in [-0.3, -0.25) is 9.59 Å². The molecule has 2 amide bonds. The normalized spacial score (nSPS) is 27.6. The van der Waals surface area contributed by atoms with Gasteiger partial charge in [0.1, 0.15) is 0 Å². The van der Waals surface area contributed by atoms with Crippen LogP contribution in [0.4, 0.5) is 0 Å². The Kier molecular flexibility index (Phi) is 8.79. The van der Waals surface area contributed by atoms with Crippen molar-refractivity contribution in [3.63, 3.8) is 0 Å². The number of fused-ring (bicyclic) bond motifs is 1. The van der Waals surface area contributed by atoms with Gasteiger partial charge in [-0.15, -0.1) is 0 Å². The van der Waals surface area contributed by atoms with Crippen LogP contribution in [0, 0.1) is 17.8 Å². The molecule has 1 saturated carbocycles. The second-order valence-electron chi connectivity index (χ2n) is 10.7. The molecule has 1 saturated heterocycles. The molecule has 0 spiro atoms. The number of amides is 2. The molecule has 4 rings (SSSR count). The fourth-order valence-corrected chi connectivity index (χ4v) is 5.97. The first-order chi connectivity index (χ1) is 17.0. The second kappa shape index (κ2) is 12.0. The number of carbonyl (C=O) groups is 2. The van der Waals surface area contributed by atoms with Gasteiger partial charge in [0.25, 0.3) is 5.91 Å². The largest absolute Gasteiger partial charge is 0.350 e. The molecule has 4 atom stereocenters. The van der Waals surface area contributed by atoms with Crippen molar-refractivity contribution in [2.75, 3.05) is 26.2 Å². The first-order valence-electron chi connectivity index (χ1n) is 13.5. The van der Waals surface area contributed by atoms with Crippen LogP contribution in [0.15, 0.2) is 42.5 Å². The third kappa shape index (κ3) is 6.42. The molecule has 2 aliphatic rings. The van der Waals surface area contributed by atoms with Crippen molar-refractivity contribution < 1.29 is 9.59 Å². The monoisotopic (exact) mass is 478 g/mol. The molecule has 6 nitrogen and oxygen atoms in total. The molecular weight excluding hydrogens is 436 g/mol. The van der Waals surface area contributed by atoms with Crippen LogP contribution in [0.2, 0.25) is 0 Å². The summed E-state index contributed by atoms with van der Waals surface area (Å²) < 4.78 is 0. The molecule has 190 valence electrons. The maximum atomic E-state index is 13.5. The summed E-state index contributed by atoms with van der Waals surface area (Å²) in [6.45, 7) is 7.35. The van der Waals surface area contributed by atoms with Gasteiger partial charge >= 0.3 is 0 Å². The zero-order valence-electron chi connectivity index (χ0n) is 21.3. The van der Waals surface area contributed by atoms with Crippen LogP contribution in [-0.4, -0.2) is 55.0 Å². The Hall–Kier alpha value is -2.44. The van der Waals surface area contributed by atoms with Gasteiger partial charge in [0.05, 0.1) is 6.04 Å². The molecule has 4 N–H and O–H groups in total. The second-order valence-corrected chi connectivity index (χ2v) is 10.7. The lowest BCUT2D eigenvalue weighted by atomic mass is 9.73. The van der Waals surface area contributed by atoms with Gasteiger partial charge in [-0.25, -0.2) is 0 Å². The number of nitrogens with one attached hydrogen (secondary N) is 2. The lowest BCUT2D eigenvalue weighted by Crippen LogP contribution is -2.50. The predicted octanol–water partition coefficient (Wildman–Crippen LogP) is 3.94. The van der Waals surface area contributed by atoms with Crippen molar-refractivity contribution in [2.24, 2.45) is 23.5 Å². The van der Waals surface area contributed by atoms with Gasteiger partial charge in [-0.1, -0.05) is 63.4 Å². The van der Waals surface area contributed by atoms with E-state index in [1.54, 1.807) is 0 Å². The maximum absolute atomic E-state index is 13.5. The summed E-state index contributed by atoms with van der Waals surface area (Å²) in [7, 11) is 0. The fraction of sp³-hybridized carbons (Fsp3) is 0.586. The summed E-state index contributed by atoms with van der Waals surface area (Å²) in [5.74, 6) is 2.00. The van der Waals surface area contributed by atoms with Crippen LogP contribution in [0.1, 0.15) is 62.7 Å². The van der Waals surface area contributed by atoms with Gasteiger partial charge in [0.15, 0.2) is 0 Å². The summed E-state index contributed by atoms with van der Waals surface area (Å²) in [4.78, 5) is 28.5. The molecule has 6 heteroatoms. The molecule has 1 heterocycles. The molecule has 2 aromatic rings. The van der Waals surface area contributed by atoms with E-state index in [1.165, 1.54) is 19.3 Å². The van der Waals surface area contributed by atoms with E-state index in [0.29, 0.717) is 36.4 Å². The highest BCUT2D eigenvalue weighted by Crippen LogP contribution is 2.35. The van der Waals surface area contributed by atoms with E-state index in [9.17, 15) is 9.59 Å². The first kappa shape index (κ1) is 25.6. The van der Waals surface area contributed by atoms with Crippen molar-refractivity contribution in [2.45, 2.75) is 64.5 Å². The zero-order valence-corrected chi connectivity index (χ0v) is 21.3. The lowest BCUT2D eigenvalue weighted by Gasteiger charge is -2.38. The van der Waals surface area contributed by atoms with E-state index in [-0.39, 0.29) is 23.9 Å². The van der Waals surface area contributed by atoms with E-state index in [1.807, 2.05) is 42.5 Å². The van der Waals surface area contributed by atoms with E-state index < -0.39 is 0 Å². The summed E-state index contributed by atoms with van der Waals surface area (Å²) in [5, 5.41) is 8.85. The average Bonchev–Trinajstić information content (AvgIpc) is 3.01. The first-order valence-corrected chi connectivity index (χ1v) is 13.5. The van der Waals surface area contributed by atoms with E-state index >= 15 is 0 Å². The number of hydrogen-bond acceptors (Lipinski definition) is 4. The topological polar surface area (TPSA) is 87.5 Å². The van der Waals surface area contributed by atoms with E-state index in [0.717, 1.165) is 43.1 Å². The molecule has 35 heavy (non-hydrogen) atoms. The Labute approximate surface area is 210 Å². The van der Waals surface area contributed by atoms with Gasteiger partial charge in [-0.2, -0.15) is 0 Å². The SMILES string of the molecule is CC1CCCC(C)C1CN1CC[C@@H](CNC(=O)c2ccc3ccccc3c2)N[C@@H](CCCN)C1=O. The lowest BCUT2D eigenvalue weighted by molar-refractivity contribution is -0.134. The zero-order chi connectivity index (χ0) is 24.8. The van der Waals surface area contributed by atoms with Gasteiger partial charge in [0.2, 0.25) is 5.91 Å². The van der Waals surface area contributed by atoms with Gasteiger partial charge in [-0.05, 0) is 66.5 Å². The Balaban J connectivity index is 1.40. The molecular formula is C29H42N4O2. The Morgan fingerprint density at radius 1 is 1.09 bits per heavy atom. The number of carbonyl (C=O) groups excluding carboxylic acids is 2. The minimum atomic E-state index is -0.238. The standard InChI is InChI=1S/C29H42N4O2/c1-20-7-5-8-21(2)26(20)19-33-16-14-25(32-27(29(33)35)11-6-15-30)18-31-28(34)24-13-12-22-9-3-4-10-23(22)17-24/h3-4,9-10,12-13,17,20-21,25-27,32H,5-8,11,14-16,18-19,30H2,1-2H3,(H,31,34)/t20?,21?,25-,26?,27-/m0/s1. The van der Waals surface area contributed by atoms with Gasteiger partial charge < -0.3 is 21.3 Å². The van der Waals surface area contributed by atoms with Crippen LogP contribution in [-0.2, 0) is 4.79 Å². The summed E-state index contributed by atoms with van der Waals surface area (Å²) >= 11 is 0. The number of nitrogens with zero attached hydrogens (tertiary/aromatic N) is 1. The Morgan fingerprint density at radius 2 is 1.83 bits per heavy atom. The highest BCUT2D eigenvalue weighted by Gasteiger charge is 2.35. The minimum absolute atomic E-state index is 0.0531. The number of rotatable bonds is 8. The van der Waals surface area contributed by atoms with E-state index in [4.69, 9.17) is 5.73 Å². The predicted molar refractivity (Wildman–Crippen MR) is 142 cm³/mol. The quantitative estimate of drug-likeness (QED) is 0.536. The number of benzene rings is 2. The van der Waals surface area contributed by atoms with Crippen molar-refractivity contribution >= 4 is 22.6 Å². The van der Waals surface area contributed by atoms with Crippen molar-refractivity contribution in [3.05, 3.63) is 48.0 Å². The van der Waals surface area contributed by atoms with Crippen molar-refractivity contribution in [3.8, 4) is 0 Å². The number of nitrogens with two attached hydrogens (primary N) is 1. The molecule has 1 aliphatic carbocycles. The van der Waals surface area contributed by atoms with E-state index in [2.05, 4.69) is 29.4 Å². The molecule has 1 aliphatic heterocycles. The van der Waals surface area contributed by atoms with Crippen LogP contribution in [0.25, 0.3) is 10.8 Å². The summed E-state index contributed by atoms with van der Waals surface area (Å²) in [5.41, 5.74) is 6.44. The average molecular weight is 479 g/mol. The Morgan fingerprint density at radius 3 is 2.57 bits per heavy atom. The fourth-order valence-electron chi connectivity index (χ4n) is 5.97. The van der Waals surface area contributed by atoms with Crippen molar-refractivity contribution in [1.29, 1.82) is 0 Å². The van der Waals surface area contributed by atoms with Crippen LogP contribution >= 0.6 is 0 Å². The van der Waals surface area contributed by atoms with Crippen LogP contribution in [0.3, 0.4) is 0 Å². The maximum Gasteiger partial charge on any atom is 0.251 e. The third-order valence-corrected chi connectivity index (χ3v) is 8.22. The molecule has 2 fully saturated rings. The highest BCUT2D eigenvalue weighted by molar-refractivity contribution is 5.98. The number of hydrogen-bond donors (Lipinski definition) is 3. The molecule has 0 aromatic heterocycles. The Bertz CT molecular complexity index is 999. The summed E-state index contributed by atoms with van der Waals surface area (Å²) in [6.07, 6.45) is 6.19. The minimum Gasteiger partial charge on any atom is -0.350 e. The van der Waals surface area contributed by atoms with Crippen LogP contribution in [0.5, 0.6) is 0 Å².